The topological polar surface area (TPSA) is 6.25 Å². The number of fused-ring (bicyclic) bond motifs is 6. The number of hydrogen-bond acceptors (Lipinski definition) is 1. The molecular formula is C36H39N2+. The molecule has 38 heavy (non-hydrogen) atoms. The molecule has 0 atom stereocenters. The average molecular weight is 500 g/mol. The summed E-state index contributed by atoms with van der Waals surface area (Å²) in [6.45, 7) is 12.8. The van der Waals surface area contributed by atoms with Crippen LogP contribution in [0.1, 0.15) is 58.6 Å². The maximum Gasteiger partial charge on any atom is 0.217 e. The maximum absolute atomic E-state index is 2.58. The molecule has 2 aliphatic heterocycles. The first-order valence-electron chi connectivity index (χ1n) is 14.1. The number of hydrogen-bond donors (Lipinski definition) is 0. The quantitative estimate of drug-likeness (QED) is 0.248. The van der Waals surface area contributed by atoms with Gasteiger partial charge in [-0.2, -0.15) is 4.58 Å². The van der Waals surface area contributed by atoms with Crippen LogP contribution in [0.25, 0.3) is 21.5 Å². The van der Waals surface area contributed by atoms with Gasteiger partial charge in [0.2, 0.25) is 5.69 Å². The van der Waals surface area contributed by atoms with Crippen molar-refractivity contribution < 1.29 is 4.58 Å². The van der Waals surface area contributed by atoms with Crippen molar-refractivity contribution in [1.29, 1.82) is 0 Å². The molecule has 0 unspecified atom stereocenters. The van der Waals surface area contributed by atoms with Gasteiger partial charge in [-0.15, -0.1) is 0 Å². The molecular weight excluding hydrogens is 460 g/mol. The molecule has 4 aromatic carbocycles. The standard InChI is InChI=1S/C36H39N2/c1-7-8-24-38-30-23-21-25-14-9-11-16-27(25)33(30)36(4,5)32(38)19-13-18-31-35(2,3)29-22-20-26-15-10-12-17-28(26)34(29)37(31)6/h9-23H,7-8,24H2,1-6H3/q+1. The van der Waals surface area contributed by atoms with Gasteiger partial charge in [-0.25, -0.2) is 0 Å². The van der Waals surface area contributed by atoms with Gasteiger partial charge in [-0.1, -0.05) is 93.9 Å². The Morgan fingerprint density at radius 1 is 0.789 bits per heavy atom. The molecule has 0 spiro atoms. The zero-order valence-electron chi connectivity index (χ0n) is 23.7. The maximum atomic E-state index is 2.58. The van der Waals surface area contributed by atoms with Crippen molar-refractivity contribution >= 4 is 38.6 Å². The van der Waals surface area contributed by atoms with Crippen LogP contribution in [0.5, 0.6) is 0 Å². The molecule has 4 aromatic rings. The van der Waals surface area contributed by atoms with E-state index in [1.807, 2.05) is 0 Å². The summed E-state index contributed by atoms with van der Waals surface area (Å²) in [5.41, 5.74) is 8.14. The van der Waals surface area contributed by atoms with E-state index in [0.29, 0.717) is 0 Å². The van der Waals surface area contributed by atoms with Crippen LogP contribution in [0, 0.1) is 0 Å². The minimum Gasteiger partial charge on any atom is -0.344 e. The minimum atomic E-state index is -0.0742. The van der Waals surface area contributed by atoms with E-state index in [0.717, 1.165) is 6.54 Å². The highest BCUT2D eigenvalue weighted by atomic mass is 15.2. The molecule has 0 bridgehead atoms. The van der Waals surface area contributed by atoms with Gasteiger partial charge in [0.25, 0.3) is 0 Å². The number of allylic oxidation sites excluding steroid dienone is 4. The van der Waals surface area contributed by atoms with E-state index in [-0.39, 0.29) is 10.8 Å². The molecule has 0 amide bonds. The second-order valence-corrected chi connectivity index (χ2v) is 12.0. The first-order valence-corrected chi connectivity index (χ1v) is 14.1. The highest BCUT2D eigenvalue weighted by molar-refractivity contribution is 6.07. The number of rotatable bonds is 5. The van der Waals surface area contributed by atoms with E-state index in [9.17, 15) is 0 Å². The summed E-state index contributed by atoms with van der Waals surface area (Å²) < 4.78 is 2.41. The molecule has 0 saturated heterocycles. The Morgan fingerprint density at radius 2 is 1.45 bits per heavy atom. The molecule has 2 aliphatic rings. The predicted octanol–water partition coefficient (Wildman–Crippen LogP) is 9.04. The van der Waals surface area contributed by atoms with Crippen molar-refractivity contribution in [3.8, 4) is 0 Å². The van der Waals surface area contributed by atoms with E-state index in [2.05, 4.69) is 142 Å². The second kappa shape index (κ2) is 8.98. The van der Waals surface area contributed by atoms with Gasteiger partial charge in [0.1, 0.15) is 7.05 Å². The molecule has 192 valence electrons. The van der Waals surface area contributed by atoms with Crippen molar-refractivity contribution in [3.05, 3.63) is 108 Å². The first-order chi connectivity index (χ1) is 18.3. The van der Waals surface area contributed by atoms with Crippen molar-refractivity contribution in [2.45, 2.75) is 58.3 Å². The summed E-state index contributed by atoms with van der Waals surface area (Å²) in [5.74, 6) is 0. The van der Waals surface area contributed by atoms with Crippen LogP contribution < -0.4 is 4.90 Å². The lowest BCUT2D eigenvalue weighted by atomic mass is 9.80. The van der Waals surface area contributed by atoms with Crippen molar-refractivity contribution in [2.24, 2.45) is 0 Å². The van der Waals surface area contributed by atoms with Gasteiger partial charge < -0.3 is 4.90 Å². The summed E-state index contributed by atoms with van der Waals surface area (Å²) in [5, 5.41) is 5.32. The number of anilines is 1. The molecule has 6 rings (SSSR count). The Morgan fingerprint density at radius 3 is 2.18 bits per heavy atom. The third-order valence-corrected chi connectivity index (χ3v) is 8.91. The van der Waals surface area contributed by atoms with E-state index >= 15 is 0 Å². The van der Waals surface area contributed by atoms with Crippen molar-refractivity contribution in [1.82, 2.24) is 0 Å². The molecule has 0 N–H and O–H groups in total. The largest absolute Gasteiger partial charge is 0.344 e. The number of benzene rings is 4. The van der Waals surface area contributed by atoms with Gasteiger partial charge in [0, 0.05) is 35.0 Å². The molecule has 0 aliphatic carbocycles. The number of unbranched alkanes of at least 4 members (excludes halogenated alkanes) is 1. The summed E-state index contributed by atoms with van der Waals surface area (Å²) in [4.78, 5) is 2.58. The number of nitrogens with zero attached hydrogens (tertiary/aromatic N) is 2. The zero-order chi connectivity index (χ0) is 26.7. The summed E-state index contributed by atoms with van der Waals surface area (Å²) >= 11 is 0. The van der Waals surface area contributed by atoms with Crippen molar-refractivity contribution in [2.75, 3.05) is 18.5 Å². The fourth-order valence-corrected chi connectivity index (χ4v) is 6.94. The minimum absolute atomic E-state index is 0.0601. The molecule has 0 saturated carbocycles. The van der Waals surface area contributed by atoms with E-state index in [1.165, 1.54) is 68.3 Å². The SMILES string of the molecule is CCCCN1C(=CC=CC2=[N+](C)c3c(ccc4ccccc34)C2(C)C)C(C)(C)c2c1ccc1ccccc21. The lowest BCUT2D eigenvalue weighted by Crippen LogP contribution is -2.27. The van der Waals surface area contributed by atoms with E-state index in [1.54, 1.807) is 0 Å². The van der Waals surface area contributed by atoms with Crippen LogP contribution in [0.3, 0.4) is 0 Å². The predicted molar refractivity (Wildman–Crippen MR) is 164 cm³/mol. The van der Waals surface area contributed by atoms with Crippen LogP contribution in [-0.2, 0) is 10.8 Å². The molecule has 2 nitrogen and oxygen atoms in total. The Hall–Kier alpha value is -3.65. The normalized spacial score (nSPS) is 18.8. The molecule has 0 aromatic heterocycles. The highest BCUT2D eigenvalue weighted by Crippen LogP contribution is 2.51. The van der Waals surface area contributed by atoms with Crippen LogP contribution in [0.4, 0.5) is 11.4 Å². The molecule has 2 heterocycles. The fraction of sp³-hybridized carbons (Fsp3) is 0.306. The highest BCUT2D eigenvalue weighted by Gasteiger charge is 2.44. The summed E-state index contributed by atoms with van der Waals surface area (Å²) in [6, 6.07) is 26.8. The third-order valence-electron chi connectivity index (χ3n) is 8.91. The Bertz CT molecular complexity index is 1660. The monoisotopic (exact) mass is 499 g/mol. The van der Waals surface area contributed by atoms with Gasteiger partial charge in [-0.3, -0.25) is 0 Å². The molecule has 2 heteroatoms. The van der Waals surface area contributed by atoms with Gasteiger partial charge in [0.05, 0.1) is 10.8 Å². The van der Waals surface area contributed by atoms with Crippen LogP contribution in [0.2, 0.25) is 0 Å². The molecule has 0 fully saturated rings. The lowest BCUT2D eigenvalue weighted by molar-refractivity contribution is -0.399. The Balaban J connectivity index is 1.45. The van der Waals surface area contributed by atoms with Gasteiger partial charge in [0.15, 0.2) is 5.71 Å². The first kappa shape index (κ1) is 24.7. The summed E-state index contributed by atoms with van der Waals surface area (Å²) in [7, 11) is 2.22. The smallest absolute Gasteiger partial charge is 0.217 e. The zero-order valence-corrected chi connectivity index (χ0v) is 23.7. The Labute approximate surface area is 227 Å². The van der Waals surface area contributed by atoms with Gasteiger partial charge >= 0.3 is 0 Å². The van der Waals surface area contributed by atoms with E-state index in [4.69, 9.17) is 0 Å². The fourth-order valence-electron chi connectivity index (χ4n) is 6.94. The average Bonchev–Trinajstić information content (AvgIpc) is 3.25. The summed E-state index contributed by atoms with van der Waals surface area (Å²) in [6.07, 6.45) is 9.39. The lowest BCUT2D eigenvalue weighted by Gasteiger charge is -2.27. The molecule has 0 radical (unpaired) electrons. The third kappa shape index (κ3) is 3.57. The van der Waals surface area contributed by atoms with E-state index < -0.39 is 0 Å². The van der Waals surface area contributed by atoms with Crippen LogP contribution in [-0.4, -0.2) is 23.9 Å². The second-order valence-electron chi connectivity index (χ2n) is 12.0. The van der Waals surface area contributed by atoms with Crippen molar-refractivity contribution in [3.63, 3.8) is 0 Å². The van der Waals surface area contributed by atoms with Crippen LogP contribution >= 0.6 is 0 Å². The van der Waals surface area contributed by atoms with Crippen LogP contribution in [0.15, 0.2) is 96.7 Å². The van der Waals surface area contributed by atoms with Gasteiger partial charge in [-0.05, 0) is 60.2 Å². The Kier molecular flexibility index (Phi) is 5.83.